The highest BCUT2D eigenvalue weighted by Crippen LogP contribution is 2.49. The van der Waals surface area contributed by atoms with Crippen LogP contribution in [0.15, 0.2) is 16.9 Å². The second-order valence-corrected chi connectivity index (χ2v) is 10.8. The van der Waals surface area contributed by atoms with Crippen LogP contribution >= 0.6 is 11.6 Å². The Balaban J connectivity index is 1.46. The molecule has 6 rings (SSSR count). The van der Waals surface area contributed by atoms with Crippen molar-refractivity contribution in [3.8, 4) is 23.0 Å². The van der Waals surface area contributed by atoms with Crippen LogP contribution in [0.25, 0.3) is 22.2 Å². The van der Waals surface area contributed by atoms with Crippen LogP contribution in [0.1, 0.15) is 43.6 Å². The van der Waals surface area contributed by atoms with Gasteiger partial charge in [0.05, 0.1) is 17.8 Å². The highest BCUT2D eigenvalue weighted by molar-refractivity contribution is 6.32. The molecule has 0 spiro atoms. The fraction of sp³-hybridized carbons (Fsp3) is 0.500. The van der Waals surface area contributed by atoms with Crippen molar-refractivity contribution in [1.82, 2.24) is 19.9 Å². The number of alkyl halides is 1. The molecule has 38 heavy (non-hydrogen) atoms. The predicted octanol–water partition coefficient (Wildman–Crippen LogP) is 3.72. The van der Waals surface area contributed by atoms with E-state index in [2.05, 4.69) is 25.2 Å². The Kier molecular flexibility index (Phi) is 6.40. The summed E-state index contributed by atoms with van der Waals surface area (Å²) in [5, 5.41) is 22.5. The van der Waals surface area contributed by atoms with Gasteiger partial charge < -0.3 is 25.3 Å². The van der Waals surface area contributed by atoms with Gasteiger partial charge >= 0.3 is 6.01 Å². The average molecular weight is 548 g/mol. The maximum Gasteiger partial charge on any atom is 0.319 e. The summed E-state index contributed by atoms with van der Waals surface area (Å²) in [4.78, 5) is 26.5. The minimum Gasteiger partial charge on any atom is -0.508 e. The van der Waals surface area contributed by atoms with E-state index < -0.39 is 23.1 Å². The summed E-state index contributed by atoms with van der Waals surface area (Å²) in [6.07, 6.45) is 2.84. The zero-order valence-corrected chi connectivity index (χ0v) is 21.3. The first-order chi connectivity index (χ1) is 18.3. The molecule has 3 fully saturated rings. The van der Waals surface area contributed by atoms with Crippen LogP contribution in [0.3, 0.4) is 0 Å². The van der Waals surface area contributed by atoms with E-state index in [-0.39, 0.29) is 59.9 Å². The number of aliphatic hydroxyl groups excluding tert-OH is 1. The summed E-state index contributed by atoms with van der Waals surface area (Å²) in [7, 11) is 0. The first kappa shape index (κ1) is 25.3. The fourth-order valence-electron chi connectivity index (χ4n) is 5.96. The molecule has 2 atom stereocenters. The number of hydrogen-bond acceptors (Lipinski definition) is 8. The SMILES string of the molecule is O=c1[nH]c(-c2cc(O)cc(Cl)c2C2CC2)c(F)c2nc(OC[C@@]34CCCN3C[C@H](F)C4)nc(NCCO)c12. The number of benzene rings is 1. The number of aromatic hydroxyl groups is 1. The first-order valence-electron chi connectivity index (χ1n) is 12.8. The molecule has 202 valence electrons. The van der Waals surface area contributed by atoms with E-state index in [1.165, 1.54) is 12.1 Å². The number of phenols is 1. The number of fused-ring (bicyclic) bond motifs is 2. The molecule has 1 aromatic carbocycles. The van der Waals surface area contributed by atoms with Gasteiger partial charge in [-0.1, -0.05) is 11.6 Å². The number of nitrogens with zero attached hydrogens (tertiary/aromatic N) is 3. The van der Waals surface area contributed by atoms with Crippen LogP contribution in [0.2, 0.25) is 5.02 Å². The number of hydrogen-bond donors (Lipinski definition) is 4. The lowest BCUT2D eigenvalue weighted by Crippen LogP contribution is -2.43. The number of phenolic OH excluding ortho intramolecular Hbond substituents is 1. The number of aromatic nitrogens is 3. The Morgan fingerprint density at radius 1 is 1.32 bits per heavy atom. The van der Waals surface area contributed by atoms with Gasteiger partial charge in [0.25, 0.3) is 5.56 Å². The highest BCUT2D eigenvalue weighted by Gasteiger charge is 2.49. The van der Waals surface area contributed by atoms with Crippen molar-refractivity contribution >= 4 is 28.3 Å². The van der Waals surface area contributed by atoms with E-state index in [9.17, 15) is 19.4 Å². The molecule has 0 bridgehead atoms. The predicted molar refractivity (Wildman–Crippen MR) is 138 cm³/mol. The lowest BCUT2D eigenvalue weighted by Gasteiger charge is -2.30. The van der Waals surface area contributed by atoms with Crippen molar-refractivity contribution in [3.63, 3.8) is 0 Å². The molecule has 2 aromatic heterocycles. The Labute approximate surface area is 221 Å². The highest BCUT2D eigenvalue weighted by atomic mass is 35.5. The summed E-state index contributed by atoms with van der Waals surface area (Å²) in [5.74, 6) is -0.873. The van der Waals surface area contributed by atoms with Crippen LogP contribution in [0.5, 0.6) is 11.8 Å². The number of rotatable bonds is 8. The van der Waals surface area contributed by atoms with Crippen molar-refractivity contribution in [2.45, 2.75) is 49.7 Å². The molecule has 2 aliphatic heterocycles. The van der Waals surface area contributed by atoms with E-state index in [0.717, 1.165) is 32.2 Å². The molecule has 9 nitrogen and oxygen atoms in total. The van der Waals surface area contributed by atoms with Crippen molar-refractivity contribution < 1.29 is 23.7 Å². The normalized spacial score (nSPS) is 23.2. The van der Waals surface area contributed by atoms with Crippen LogP contribution in [0, 0.1) is 5.82 Å². The van der Waals surface area contributed by atoms with E-state index in [1.54, 1.807) is 0 Å². The molecule has 0 unspecified atom stereocenters. The van der Waals surface area contributed by atoms with Crippen molar-refractivity contribution in [1.29, 1.82) is 0 Å². The molecule has 4 heterocycles. The number of halogens is 3. The minimum atomic E-state index is -0.938. The Morgan fingerprint density at radius 2 is 2.13 bits per heavy atom. The first-order valence-corrected chi connectivity index (χ1v) is 13.2. The van der Waals surface area contributed by atoms with Crippen LogP contribution < -0.4 is 15.6 Å². The second-order valence-electron chi connectivity index (χ2n) is 10.4. The van der Waals surface area contributed by atoms with Gasteiger partial charge in [0, 0.05) is 30.1 Å². The smallest absolute Gasteiger partial charge is 0.319 e. The molecule has 0 radical (unpaired) electrons. The van der Waals surface area contributed by atoms with E-state index in [1.807, 2.05) is 0 Å². The number of pyridine rings is 1. The largest absolute Gasteiger partial charge is 0.508 e. The number of H-pyrrole nitrogens is 1. The van der Waals surface area contributed by atoms with Crippen molar-refractivity contribution in [2.24, 2.45) is 0 Å². The number of aliphatic hydroxyl groups is 1. The summed E-state index contributed by atoms with van der Waals surface area (Å²) in [5.41, 5.74) is -0.583. The zero-order chi connectivity index (χ0) is 26.6. The fourth-order valence-corrected chi connectivity index (χ4v) is 6.33. The molecular weight excluding hydrogens is 520 g/mol. The van der Waals surface area contributed by atoms with Crippen LogP contribution in [0.4, 0.5) is 14.6 Å². The monoisotopic (exact) mass is 547 g/mol. The van der Waals surface area contributed by atoms with E-state index in [4.69, 9.17) is 16.3 Å². The van der Waals surface area contributed by atoms with Gasteiger partial charge in [0.2, 0.25) is 0 Å². The van der Waals surface area contributed by atoms with Gasteiger partial charge in [-0.2, -0.15) is 9.97 Å². The average Bonchev–Trinajstić information content (AvgIpc) is 3.56. The Morgan fingerprint density at radius 3 is 2.89 bits per heavy atom. The third-order valence-electron chi connectivity index (χ3n) is 7.79. The minimum absolute atomic E-state index is 0.0117. The van der Waals surface area contributed by atoms with Crippen LogP contribution in [-0.4, -0.2) is 74.6 Å². The molecule has 12 heteroatoms. The second kappa shape index (κ2) is 9.62. The standard InChI is InChI=1S/C26H28ClF2N5O4/c27-17-9-15(36)8-16(18(17)13-2-3-13)21-20(29)22-19(24(37)31-21)23(30-5-7-35)33-25(32-22)38-12-26-4-1-6-34(26)11-14(28)10-26/h8-9,13-14,35-36H,1-7,10-12H2,(H,31,37)(H,30,32,33)/t14-,26+/m1/s1. The van der Waals surface area contributed by atoms with Gasteiger partial charge in [-0.25, -0.2) is 8.78 Å². The number of aromatic amines is 1. The van der Waals surface area contributed by atoms with Crippen molar-refractivity contribution in [3.05, 3.63) is 38.9 Å². The molecule has 4 N–H and O–H groups in total. The molecule has 1 saturated carbocycles. The third kappa shape index (κ3) is 4.36. The number of nitrogens with one attached hydrogen (secondary N) is 2. The Bertz CT molecular complexity index is 1470. The van der Waals surface area contributed by atoms with Gasteiger partial charge in [0.15, 0.2) is 5.82 Å². The topological polar surface area (TPSA) is 124 Å². The van der Waals surface area contributed by atoms with Gasteiger partial charge in [-0.15, -0.1) is 0 Å². The van der Waals surface area contributed by atoms with Crippen LogP contribution in [-0.2, 0) is 0 Å². The molecular formula is C26H28ClF2N5O4. The molecule has 3 aromatic rings. The van der Waals surface area contributed by atoms with Gasteiger partial charge in [-0.3, -0.25) is 9.69 Å². The molecule has 0 amide bonds. The Hall–Kier alpha value is -3.02. The zero-order valence-electron chi connectivity index (χ0n) is 20.6. The maximum absolute atomic E-state index is 16.2. The summed E-state index contributed by atoms with van der Waals surface area (Å²) in [6.45, 7) is 1.08. The summed E-state index contributed by atoms with van der Waals surface area (Å²) < 4.78 is 36.3. The lowest BCUT2D eigenvalue weighted by molar-refractivity contribution is 0.107. The molecule has 2 saturated heterocycles. The maximum atomic E-state index is 16.2. The third-order valence-corrected chi connectivity index (χ3v) is 8.10. The number of ether oxygens (including phenoxy) is 1. The van der Waals surface area contributed by atoms with E-state index >= 15 is 4.39 Å². The number of anilines is 1. The van der Waals surface area contributed by atoms with Crippen molar-refractivity contribution in [2.75, 3.05) is 38.2 Å². The quantitative estimate of drug-likeness (QED) is 0.336. The van der Waals surface area contributed by atoms with Gasteiger partial charge in [0.1, 0.15) is 35.2 Å². The van der Waals surface area contributed by atoms with Gasteiger partial charge in [-0.05, 0) is 55.8 Å². The lowest BCUT2D eigenvalue weighted by atomic mass is 9.95. The summed E-state index contributed by atoms with van der Waals surface area (Å²) >= 11 is 6.41. The molecule has 3 aliphatic rings. The summed E-state index contributed by atoms with van der Waals surface area (Å²) in [6, 6.07) is 2.62. The van der Waals surface area contributed by atoms with E-state index in [0.29, 0.717) is 29.1 Å². The molecule has 1 aliphatic carbocycles.